The molecule has 18 heavy (non-hydrogen) atoms. The second-order valence-electron chi connectivity index (χ2n) is 5.22. The number of carbonyl (C=O) groups excluding carboxylic acids is 1. The highest BCUT2D eigenvalue weighted by molar-refractivity contribution is 5.84. The van der Waals surface area contributed by atoms with Gasteiger partial charge in [-0.1, -0.05) is 31.4 Å². The average Bonchev–Trinajstić information content (AvgIpc) is 2.57. The van der Waals surface area contributed by atoms with E-state index in [1.54, 1.807) is 24.3 Å². The van der Waals surface area contributed by atoms with Gasteiger partial charge in [0, 0.05) is 18.4 Å². The zero-order valence-corrected chi connectivity index (χ0v) is 10.6. The van der Waals surface area contributed by atoms with E-state index >= 15 is 0 Å². The first kappa shape index (κ1) is 13.1. The molecule has 0 bridgehead atoms. The molecular weight excluding hydrogens is 226 g/mol. The molecule has 1 aliphatic carbocycles. The van der Waals surface area contributed by atoms with Crippen molar-refractivity contribution in [2.75, 3.05) is 0 Å². The lowest BCUT2D eigenvalue weighted by Gasteiger charge is -2.19. The van der Waals surface area contributed by atoms with Gasteiger partial charge in [0.1, 0.15) is 11.5 Å². The molecule has 0 aromatic heterocycles. The van der Waals surface area contributed by atoms with Crippen LogP contribution < -0.4 is 5.73 Å². The van der Waals surface area contributed by atoms with E-state index in [1.807, 2.05) is 0 Å². The maximum Gasteiger partial charge on any atom is 0.141 e. The van der Waals surface area contributed by atoms with Crippen LogP contribution in [0.2, 0.25) is 0 Å². The SMILES string of the molecule is NC1CCCCCC1C(=O)Cc1ccc(O)cc1. The van der Waals surface area contributed by atoms with Crippen LogP contribution >= 0.6 is 0 Å². The van der Waals surface area contributed by atoms with Gasteiger partial charge in [-0.3, -0.25) is 4.79 Å². The molecule has 0 spiro atoms. The van der Waals surface area contributed by atoms with Crippen molar-refractivity contribution in [1.82, 2.24) is 0 Å². The van der Waals surface area contributed by atoms with Crippen LogP contribution in [0, 0.1) is 5.92 Å². The Morgan fingerprint density at radius 3 is 2.56 bits per heavy atom. The van der Waals surface area contributed by atoms with Gasteiger partial charge < -0.3 is 10.8 Å². The molecule has 1 aliphatic rings. The molecule has 0 saturated heterocycles. The van der Waals surface area contributed by atoms with Gasteiger partial charge in [-0.2, -0.15) is 0 Å². The van der Waals surface area contributed by atoms with E-state index in [-0.39, 0.29) is 23.5 Å². The topological polar surface area (TPSA) is 63.3 Å². The summed E-state index contributed by atoms with van der Waals surface area (Å²) >= 11 is 0. The predicted molar refractivity (Wildman–Crippen MR) is 71.4 cm³/mol. The van der Waals surface area contributed by atoms with Crippen molar-refractivity contribution in [3.63, 3.8) is 0 Å². The number of benzene rings is 1. The minimum atomic E-state index is 0.0151. The Bertz CT molecular complexity index is 399. The third-order valence-electron chi connectivity index (χ3n) is 3.80. The zero-order valence-electron chi connectivity index (χ0n) is 10.6. The van der Waals surface area contributed by atoms with Crippen LogP contribution in [0.15, 0.2) is 24.3 Å². The molecule has 98 valence electrons. The summed E-state index contributed by atoms with van der Waals surface area (Å²) in [6, 6.07) is 6.87. The number of nitrogens with two attached hydrogens (primary N) is 1. The molecule has 2 rings (SSSR count). The van der Waals surface area contributed by atoms with Crippen LogP contribution in [0.4, 0.5) is 0 Å². The zero-order chi connectivity index (χ0) is 13.0. The van der Waals surface area contributed by atoms with Crippen LogP contribution in [0.1, 0.15) is 37.7 Å². The van der Waals surface area contributed by atoms with E-state index in [1.165, 1.54) is 6.42 Å². The lowest BCUT2D eigenvalue weighted by atomic mass is 9.88. The third kappa shape index (κ3) is 3.33. The maximum absolute atomic E-state index is 12.3. The normalized spacial score (nSPS) is 24.5. The lowest BCUT2D eigenvalue weighted by Crippen LogP contribution is -2.35. The van der Waals surface area contributed by atoms with Gasteiger partial charge in [0.25, 0.3) is 0 Å². The summed E-state index contributed by atoms with van der Waals surface area (Å²) in [5.41, 5.74) is 7.05. The first-order chi connectivity index (χ1) is 8.66. The summed E-state index contributed by atoms with van der Waals surface area (Å²) in [6.07, 6.45) is 5.77. The Morgan fingerprint density at radius 1 is 1.17 bits per heavy atom. The number of carbonyl (C=O) groups is 1. The number of ketones is 1. The number of phenolic OH excluding ortho intramolecular Hbond substituents is 1. The van der Waals surface area contributed by atoms with E-state index in [0.29, 0.717) is 6.42 Å². The van der Waals surface area contributed by atoms with Crippen molar-refractivity contribution in [3.05, 3.63) is 29.8 Å². The fourth-order valence-corrected chi connectivity index (χ4v) is 2.68. The summed E-state index contributed by atoms with van der Waals surface area (Å²) < 4.78 is 0. The van der Waals surface area contributed by atoms with Crippen molar-refractivity contribution >= 4 is 5.78 Å². The van der Waals surface area contributed by atoms with Crippen LogP contribution in [-0.2, 0) is 11.2 Å². The minimum Gasteiger partial charge on any atom is -0.508 e. The van der Waals surface area contributed by atoms with Gasteiger partial charge in [-0.15, -0.1) is 0 Å². The molecule has 0 amide bonds. The van der Waals surface area contributed by atoms with E-state index in [2.05, 4.69) is 0 Å². The predicted octanol–water partition coefficient (Wildman–Crippen LogP) is 2.41. The first-order valence-corrected chi connectivity index (χ1v) is 6.73. The first-order valence-electron chi connectivity index (χ1n) is 6.73. The van der Waals surface area contributed by atoms with Crippen molar-refractivity contribution in [1.29, 1.82) is 0 Å². The molecule has 0 radical (unpaired) electrons. The quantitative estimate of drug-likeness (QED) is 0.806. The maximum atomic E-state index is 12.3. The second kappa shape index (κ2) is 6.01. The Hall–Kier alpha value is -1.35. The molecule has 1 saturated carbocycles. The van der Waals surface area contributed by atoms with Crippen molar-refractivity contribution in [3.8, 4) is 5.75 Å². The molecular formula is C15H21NO2. The number of hydrogen-bond acceptors (Lipinski definition) is 3. The standard InChI is InChI=1S/C15H21NO2/c16-14-5-3-1-2-4-13(14)15(18)10-11-6-8-12(17)9-7-11/h6-9,13-14,17H,1-5,10,16H2. The number of rotatable bonds is 3. The number of hydrogen-bond donors (Lipinski definition) is 2. The lowest BCUT2D eigenvalue weighted by molar-refractivity contribution is -0.123. The van der Waals surface area contributed by atoms with Crippen LogP contribution in [0.3, 0.4) is 0 Å². The van der Waals surface area contributed by atoms with Gasteiger partial charge in [0.05, 0.1) is 0 Å². The van der Waals surface area contributed by atoms with Crippen molar-refractivity contribution < 1.29 is 9.90 Å². The largest absolute Gasteiger partial charge is 0.508 e. The van der Waals surface area contributed by atoms with Gasteiger partial charge in [-0.25, -0.2) is 0 Å². The molecule has 0 aliphatic heterocycles. The number of aromatic hydroxyl groups is 1. The van der Waals surface area contributed by atoms with Gasteiger partial charge in [0.15, 0.2) is 0 Å². The highest BCUT2D eigenvalue weighted by Gasteiger charge is 2.26. The molecule has 3 N–H and O–H groups in total. The molecule has 0 heterocycles. The fourth-order valence-electron chi connectivity index (χ4n) is 2.68. The summed E-state index contributed by atoms with van der Waals surface area (Å²) in [5, 5.41) is 9.21. The molecule has 1 aromatic rings. The van der Waals surface area contributed by atoms with E-state index in [0.717, 1.165) is 31.2 Å². The van der Waals surface area contributed by atoms with E-state index in [4.69, 9.17) is 5.73 Å². The molecule has 1 fully saturated rings. The Morgan fingerprint density at radius 2 is 1.83 bits per heavy atom. The second-order valence-corrected chi connectivity index (χ2v) is 5.22. The molecule has 3 nitrogen and oxygen atoms in total. The monoisotopic (exact) mass is 247 g/mol. The third-order valence-corrected chi connectivity index (χ3v) is 3.80. The van der Waals surface area contributed by atoms with Gasteiger partial charge >= 0.3 is 0 Å². The van der Waals surface area contributed by atoms with Crippen LogP contribution in [0.25, 0.3) is 0 Å². The summed E-state index contributed by atoms with van der Waals surface area (Å²) in [7, 11) is 0. The molecule has 3 heteroatoms. The van der Waals surface area contributed by atoms with Crippen molar-refractivity contribution in [2.24, 2.45) is 11.7 Å². The highest BCUT2D eigenvalue weighted by Crippen LogP contribution is 2.24. The average molecular weight is 247 g/mol. The fraction of sp³-hybridized carbons (Fsp3) is 0.533. The number of phenols is 1. The van der Waals surface area contributed by atoms with Crippen LogP contribution in [0.5, 0.6) is 5.75 Å². The summed E-state index contributed by atoms with van der Waals surface area (Å²) in [5.74, 6) is 0.494. The summed E-state index contributed by atoms with van der Waals surface area (Å²) in [4.78, 5) is 12.3. The molecule has 2 atom stereocenters. The smallest absolute Gasteiger partial charge is 0.141 e. The Kier molecular flexibility index (Phi) is 4.37. The highest BCUT2D eigenvalue weighted by atomic mass is 16.3. The number of Topliss-reactive ketones (excluding diaryl/α,β-unsaturated/α-hetero) is 1. The minimum absolute atomic E-state index is 0.0151. The molecule has 2 unspecified atom stereocenters. The summed E-state index contributed by atoms with van der Waals surface area (Å²) in [6.45, 7) is 0. The Balaban J connectivity index is 1.99. The Labute approximate surface area is 108 Å². The van der Waals surface area contributed by atoms with Gasteiger partial charge in [-0.05, 0) is 30.5 Å². The van der Waals surface area contributed by atoms with E-state index in [9.17, 15) is 9.90 Å². The molecule has 1 aromatic carbocycles. The van der Waals surface area contributed by atoms with Crippen LogP contribution in [-0.4, -0.2) is 16.9 Å². The van der Waals surface area contributed by atoms with Gasteiger partial charge in [0.2, 0.25) is 0 Å². The van der Waals surface area contributed by atoms with E-state index < -0.39 is 0 Å². The van der Waals surface area contributed by atoms with Crippen molar-refractivity contribution in [2.45, 2.75) is 44.6 Å².